The lowest BCUT2D eigenvalue weighted by Gasteiger charge is -2.14. The van der Waals surface area contributed by atoms with Crippen molar-refractivity contribution in [2.24, 2.45) is 4.36 Å². The molecule has 14 heavy (non-hydrogen) atoms. The Labute approximate surface area is 89.6 Å². The van der Waals surface area contributed by atoms with E-state index in [0.29, 0.717) is 0 Å². The molecule has 0 N–H and O–H groups in total. The Morgan fingerprint density at radius 1 is 1.36 bits per heavy atom. The van der Waals surface area contributed by atoms with E-state index in [1.807, 2.05) is 0 Å². The molecule has 1 unspecified atom stereocenters. The van der Waals surface area contributed by atoms with E-state index in [9.17, 15) is 13.0 Å². The molecule has 0 saturated heterocycles. The van der Waals surface area contributed by atoms with E-state index < -0.39 is 13.9 Å². The highest BCUT2D eigenvalue weighted by molar-refractivity contribution is 9.11. The predicted molar refractivity (Wildman–Crippen MR) is 55.1 cm³/mol. The monoisotopic (exact) mass is 283 g/mol. The Kier molecular flexibility index (Phi) is 3.26. The Bertz CT molecular complexity index is 421. The molecule has 0 fully saturated rings. The summed E-state index contributed by atoms with van der Waals surface area (Å²) in [4.78, 5) is 0.0179. The van der Waals surface area contributed by atoms with Gasteiger partial charge < -0.3 is 0 Å². The van der Waals surface area contributed by atoms with Crippen LogP contribution in [0.5, 0.6) is 0 Å². The van der Waals surface area contributed by atoms with E-state index >= 15 is 0 Å². The summed E-state index contributed by atoms with van der Waals surface area (Å²) < 4.78 is 37.6. The number of benzene rings is 1. The van der Waals surface area contributed by atoms with Gasteiger partial charge in [0.05, 0.1) is 4.90 Å². The largest absolute Gasteiger partial charge is 0.387 e. The minimum absolute atomic E-state index is 0.0179. The van der Waals surface area contributed by atoms with Gasteiger partial charge in [-0.1, -0.05) is 18.2 Å². The SMILES string of the molecule is CN=S(=O)(c1ccccc1)C(F)(F)Br. The van der Waals surface area contributed by atoms with Crippen molar-refractivity contribution in [3.05, 3.63) is 30.3 Å². The van der Waals surface area contributed by atoms with E-state index in [1.54, 1.807) is 18.2 Å². The molecule has 6 heteroatoms. The van der Waals surface area contributed by atoms with Crippen LogP contribution in [0.25, 0.3) is 0 Å². The molecule has 1 aromatic rings. The predicted octanol–water partition coefficient (Wildman–Crippen LogP) is 3.09. The molecule has 0 amide bonds. The molecular weight excluding hydrogens is 276 g/mol. The number of alkyl halides is 3. The highest BCUT2D eigenvalue weighted by Crippen LogP contribution is 2.36. The van der Waals surface area contributed by atoms with Crippen molar-refractivity contribution in [1.29, 1.82) is 0 Å². The van der Waals surface area contributed by atoms with Gasteiger partial charge in [-0.15, -0.1) is 0 Å². The van der Waals surface area contributed by atoms with Crippen molar-refractivity contribution in [3.8, 4) is 0 Å². The quantitative estimate of drug-likeness (QED) is 0.767. The Morgan fingerprint density at radius 2 is 1.86 bits per heavy atom. The van der Waals surface area contributed by atoms with Crippen molar-refractivity contribution in [3.63, 3.8) is 0 Å². The van der Waals surface area contributed by atoms with E-state index in [2.05, 4.69) is 20.3 Å². The van der Waals surface area contributed by atoms with Gasteiger partial charge >= 0.3 is 4.16 Å². The summed E-state index contributed by atoms with van der Waals surface area (Å²) in [5.41, 5.74) is 0. The summed E-state index contributed by atoms with van der Waals surface area (Å²) in [6, 6.07) is 7.47. The molecule has 1 aromatic carbocycles. The van der Waals surface area contributed by atoms with Crippen molar-refractivity contribution in [2.75, 3.05) is 7.05 Å². The summed E-state index contributed by atoms with van der Waals surface area (Å²) in [6.07, 6.45) is 0. The molecule has 0 bridgehead atoms. The zero-order valence-electron chi connectivity index (χ0n) is 7.28. The second-order valence-electron chi connectivity index (χ2n) is 2.47. The Morgan fingerprint density at radius 3 is 2.21 bits per heavy atom. The van der Waals surface area contributed by atoms with Gasteiger partial charge in [0, 0.05) is 23.0 Å². The van der Waals surface area contributed by atoms with E-state index in [0.717, 1.165) is 7.05 Å². The maximum atomic E-state index is 13.0. The number of hydrogen-bond donors (Lipinski definition) is 0. The maximum absolute atomic E-state index is 13.0. The lowest BCUT2D eigenvalue weighted by Crippen LogP contribution is -2.21. The van der Waals surface area contributed by atoms with Crippen molar-refractivity contribution >= 4 is 25.7 Å². The molecule has 0 spiro atoms. The van der Waals surface area contributed by atoms with Crippen LogP contribution in [0.15, 0.2) is 39.6 Å². The number of rotatable bonds is 2. The fourth-order valence-electron chi connectivity index (χ4n) is 0.947. The molecule has 0 heterocycles. The minimum Gasteiger partial charge on any atom is -0.238 e. The lowest BCUT2D eigenvalue weighted by atomic mass is 10.4. The Balaban J connectivity index is 3.40. The van der Waals surface area contributed by atoms with Crippen LogP contribution in [0.4, 0.5) is 8.78 Å². The second-order valence-corrected chi connectivity index (χ2v) is 6.39. The zero-order valence-corrected chi connectivity index (χ0v) is 9.69. The average Bonchev–Trinajstić information content (AvgIpc) is 2.16. The third kappa shape index (κ3) is 1.95. The molecule has 0 radical (unpaired) electrons. The molecular formula is C8H8BrF2NOS. The van der Waals surface area contributed by atoms with Crippen LogP contribution < -0.4 is 0 Å². The normalized spacial score (nSPS) is 16.0. The third-order valence-electron chi connectivity index (χ3n) is 1.63. The first-order chi connectivity index (χ1) is 6.42. The molecule has 0 saturated carbocycles. The summed E-state index contributed by atoms with van der Waals surface area (Å²) in [6.45, 7) is 0. The zero-order chi connectivity index (χ0) is 10.8. The number of nitrogens with zero attached hydrogens (tertiary/aromatic N) is 1. The van der Waals surface area contributed by atoms with Crippen molar-refractivity contribution < 1.29 is 13.0 Å². The van der Waals surface area contributed by atoms with Gasteiger partial charge in [0.15, 0.2) is 9.73 Å². The highest BCUT2D eigenvalue weighted by atomic mass is 79.9. The van der Waals surface area contributed by atoms with Gasteiger partial charge in [-0.05, 0) is 12.1 Å². The fraction of sp³-hybridized carbons (Fsp3) is 0.250. The van der Waals surface area contributed by atoms with Crippen molar-refractivity contribution in [1.82, 2.24) is 0 Å². The summed E-state index contributed by atoms with van der Waals surface area (Å²) in [7, 11) is -2.60. The standard InChI is InChI=1S/C8H8BrF2NOS/c1-12-14(13,8(9,10)11)7-5-3-2-4-6-7/h2-6H,1H3. The molecule has 78 valence electrons. The van der Waals surface area contributed by atoms with E-state index in [-0.39, 0.29) is 4.90 Å². The van der Waals surface area contributed by atoms with Crippen LogP contribution in [0, 0.1) is 0 Å². The lowest BCUT2D eigenvalue weighted by molar-refractivity contribution is 0.210. The van der Waals surface area contributed by atoms with Crippen molar-refractivity contribution in [2.45, 2.75) is 9.06 Å². The van der Waals surface area contributed by atoms with Crippen LogP contribution in [-0.2, 0) is 9.73 Å². The van der Waals surface area contributed by atoms with Crippen LogP contribution >= 0.6 is 15.9 Å². The first kappa shape index (κ1) is 11.6. The van der Waals surface area contributed by atoms with E-state index in [1.165, 1.54) is 12.1 Å². The molecule has 0 aliphatic rings. The Hall–Kier alpha value is -0.490. The van der Waals surface area contributed by atoms with Crippen LogP contribution in [-0.4, -0.2) is 15.4 Å². The molecule has 0 aromatic heterocycles. The first-order valence-electron chi connectivity index (χ1n) is 3.68. The molecule has 1 atom stereocenters. The number of hydrogen-bond acceptors (Lipinski definition) is 2. The van der Waals surface area contributed by atoms with Gasteiger partial charge in [-0.25, -0.2) is 8.57 Å². The topological polar surface area (TPSA) is 29.4 Å². The summed E-state index contributed by atoms with van der Waals surface area (Å²) in [5, 5.41) is 0. The van der Waals surface area contributed by atoms with Gasteiger partial charge in [-0.2, -0.15) is 8.78 Å². The van der Waals surface area contributed by atoms with Crippen LogP contribution in [0.2, 0.25) is 0 Å². The van der Waals surface area contributed by atoms with E-state index in [4.69, 9.17) is 0 Å². The number of halogens is 3. The van der Waals surface area contributed by atoms with Gasteiger partial charge in [0.1, 0.15) is 0 Å². The van der Waals surface area contributed by atoms with Gasteiger partial charge in [0.2, 0.25) is 0 Å². The van der Waals surface area contributed by atoms with Gasteiger partial charge in [0.25, 0.3) is 0 Å². The van der Waals surface area contributed by atoms with Crippen LogP contribution in [0.3, 0.4) is 0 Å². The second kappa shape index (κ2) is 3.94. The van der Waals surface area contributed by atoms with Crippen LogP contribution in [0.1, 0.15) is 0 Å². The third-order valence-corrected chi connectivity index (χ3v) is 5.00. The molecule has 2 nitrogen and oxygen atoms in total. The van der Waals surface area contributed by atoms with Gasteiger partial charge in [-0.3, -0.25) is 0 Å². The first-order valence-corrected chi connectivity index (χ1v) is 5.99. The smallest absolute Gasteiger partial charge is 0.238 e. The molecule has 1 rings (SSSR count). The molecule has 0 aliphatic carbocycles. The average molecular weight is 284 g/mol. The highest BCUT2D eigenvalue weighted by Gasteiger charge is 2.40. The minimum atomic E-state index is -3.71. The molecule has 0 aliphatic heterocycles. The summed E-state index contributed by atoms with van der Waals surface area (Å²) >= 11 is 2.10. The summed E-state index contributed by atoms with van der Waals surface area (Å²) in [5.74, 6) is 0. The maximum Gasteiger partial charge on any atom is 0.387 e. The fourth-order valence-corrected chi connectivity index (χ4v) is 3.15.